The minimum atomic E-state index is -0.240. The average molecular weight is 286 g/mol. The standard InChI is InChI=1S/C16H30O4/c1-5-6-7-8-12-19-14(17)10-9-11-15(18)20-13-16(2,3)4/h5-13H2,1-4H3. The predicted octanol–water partition coefficient (Wildman–Crippen LogP) is 3.87. The number of esters is 2. The van der Waals surface area contributed by atoms with Gasteiger partial charge in [-0.1, -0.05) is 47.0 Å². The summed E-state index contributed by atoms with van der Waals surface area (Å²) in [6, 6.07) is 0. The van der Waals surface area contributed by atoms with Gasteiger partial charge in [-0.3, -0.25) is 9.59 Å². The third-order valence-corrected chi connectivity index (χ3v) is 2.69. The van der Waals surface area contributed by atoms with Crippen LogP contribution >= 0.6 is 0 Å². The summed E-state index contributed by atoms with van der Waals surface area (Å²) in [5, 5.41) is 0. The van der Waals surface area contributed by atoms with Gasteiger partial charge < -0.3 is 9.47 Å². The molecule has 0 aliphatic carbocycles. The largest absolute Gasteiger partial charge is 0.466 e. The first-order valence-electron chi connectivity index (χ1n) is 7.66. The summed E-state index contributed by atoms with van der Waals surface area (Å²) >= 11 is 0. The molecule has 0 bridgehead atoms. The van der Waals surface area contributed by atoms with Crippen molar-refractivity contribution in [3.8, 4) is 0 Å². The van der Waals surface area contributed by atoms with Crippen LogP contribution in [0, 0.1) is 5.41 Å². The molecule has 0 aromatic carbocycles. The minimum absolute atomic E-state index is 0.0208. The monoisotopic (exact) mass is 286 g/mol. The smallest absolute Gasteiger partial charge is 0.305 e. The third-order valence-electron chi connectivity index (χ3n) is 2.69. The zero-order chi connectivity index (χ0) is 15.4. The fourth-order valence-corrected chi connectivity index (χ4v) is 1.53. The molecule has 0 aliphatic heterocycles. The Balaban J connectivity index is 3.49. The second kappa shape index (κ2) is 10.7. The number of hydrogen-bond acceptors (Lipinski definition) is 4. The lowest BCUT2D eigenvalue weighted by molar-refractivity contribution is -0.147. The highest BCUT2D eigenvalue weighted by Gasteiger charge is 2.14. The van der Waals surface area contributed by atoms with E-state index in [2.05, 4.69) is 6.92 Å². The predicted molar refractivity (Wildman–Crippen MR) is 79.4 cm³/mol. The molecule has 0 saturated carbocycles. The SMILES string of the molecule is CCCCCCOC(=O)CCCC(=O)OCC(C)(C)C. The molecule has 0 unspecified atom stereocenters. The molecule has 0 spiro atoms. The molecule has 0 rings (SSSR count). The van der Waals surface area contributed by atoms with Gasteiger partial charge in [0, 0.05) is 12.8 Å². The van der Waals surface area contributed by atoms with E-state index in [1.807, 2.05) is 20.8 Å². The summed E-state index contributed by atoms with van der Waals surface area (Å²) in [7, 11) is 0. The van der Waals surface area contributed by atoms with Crippen LogP contribution in [0.3, 0.4) is 0 Å². The lowest BCUT2D eigenvalue weighted by Crippen LogP contribution is -2.18. The van der Waals surface area contributed by atoms with Crippen molar-refractivity contribution in [2.75, 3.05) is 13.2 Å². The Hall–Kier alpha value is -1.06. The molecule has 0 radical (unpaired) electrons. The fraction of sp³-hybridized carbons (Fsp3) is 0.875. The maximum absolute atomic E-state index is 11.4. The lowest BCUT2D eigenvalue weighted by Gasteiger charge is -2.17. The Bertz CT molecular complexity index is 279. The molecule has 0 atom stereocenters. The molecule has 4 heteroatoms. The second-order valence-corrected chi connectivity index (χ2v) is 6.36. The highest BCUT2D eigenvalue weighted by atomic mass is 16.5. The average Bonchev–Trinajstić information content (AvgIpc) is 2.35. The first-order valence-corrected chi connectivity index (χ1v) is 7.66. The molecular formula is C16H30O4. The first kappa shape index (κ1) is 18.9. The molecular weight excluding hydrogens is 256 g/mol. The summed E-state index contributed by atoms with van der Waals surface area (Å²) in [6.45, 7) is 9.08. The van der Waals surface area contributed by atoms with Crippen molar-refractivity contribution in [1.82, 2.24) is 0 Å². The number of hydrogen-bond donors (Lipinski definition) is 0. The number of carbonyl (C=O) groups excluding carboxylic acids is 2. The van der Waals surface area contributed by atoms with Crippen molar-refractivity contribution in [3.05, 3.63) is 0 Å². The van der Waals surface area contributed by atoms with Crippen molar-refractivity contribution in [2.24, 2.45) is 5.41 Å². The van der Waals surface area contributed by atoms with E-state index in [0.717, 1.165) is 12.8 Å². The van der Waals surface area contributed by atoms with E-state index in [1.54, 1.807) is 0 Å². The maximum Gasteiger partial charge on any atom is 0.305 e. The van der Waals surface area contributed by atoms with E-state index in [9.17, 15) is 9.59 Å². The van der Waals surface area contributed by atoms with Crippen LogP contribution in [0.4, 0.5) is 0 Å². The first-order chi connectivity index (χ1) is 9.35. The molecule has 0 aliphatic rings. The van der Waals surface area contributed by atoms with Crippen LogP contribution in [0.2, 0.25) is 0 Å². The number of carbonyl (C=O) groups is 2. The molecule has 0 amide bonds. The Labute approximate surface area is 123 Å². The van der Waals surface area contributed by atoms with E-state index < -0.39 is 0 Å². The molecule has 0 fully saturated rings. The van der Waals surface area contributed by atoms with Gasteiger partial charge in [-0.2, -0.15) is 0 Å². The molecule has 4 nitrogen and oxygen atoms in total. The summed E-state index contributed by atoms with van der Waals surface area (Å²) in [5.74, 6) is -0.458. The Kier molecular flexibility index (Phi) is 10.1. The summed E-state index contributed by atoms with van der Waals surface area (Å²) in [4.78, 5) is 22.8. The van der Waals surface area contributed by atoms with Crippen LogP contribution in [0.1, 0.15) is 72.6 Å². The van der Waals surface area contributed by atoms with E-state index in [-0.39, 0.29) is 23.8 Å². The van der Waals surface area contributed by atoms with Crippen LogP contribution in [-0.4, -0.2) is 25.2 Å². The highest BCUT2D eigenvalue weighted by molar-refractivity contribution is 5.72. The Morgan fingerprint density at radius 2 is 1.45 bits per heavy atom. The molecule has 0 saturated heterocycles. The zero-order valence-corrected chi connectivity index (χ0v) is 13.5. The van der Waals surface area contributed by atoms with E-state index in [4.69, 9.17) is 9.47 Å². The van der Waals surface area contributed by atoms with Gasteiger partial charge >= 0.3 is 11.9 Å². The normalized spacial score (nSPS) is 11.2. The number of unbranched alkanes of at least 4 members (excludes halogenated alkanes) is 3. The van der Waals surface area contributed by atoms with Crippen LogP contribution in [0.15, 0.2) is 0 Å². The van der Waals surface area contributed by atoms with Crippen molar-refractivity contribution >= 4 is 11.9 Å². The van der Waals surface area contributed by atoms with Crippen molar-refractivity contribution in [1.29, 1.82) is 0 Å². The van der Waals surface area contributed by atoms with Gasteiger partial charge in [-0.05, 0) is 18.3 Å². The highest BCUT2D eigenvalue weighted by Crippen LogP contribution is 2.13. The summed E-state index contributed by atoms with van der Waals surface area (Å²) in [6.07, 6.45) is 5.44. The molecule has 118 valence electrons. The quantitative estimate of drug-likeness (QED) is 0.452. The van der Waals surface area contributed by atoms with Gasteiger partial charge in [-0.25, -0.2) is 0 Å². The molecule has 20 heavy (non-hydrogen) atoms. The lowest BCUT2D eigenvalue weighted by atomic mass is 9.99. The number of rotatable bonds is 10. The minimum Gasteiger partial charge on any atom is -0.466 e. The van der Waals surface area contributed by atoms with Crippen LogP contribution < -0.4 is 0 Å². The molecule has 0 heterocycles. The fourth-order valence-electron chi connectivity index (χ4n) is 1.53. The van der Waals surface area contributed by atoms with Crippen LogP contribution in [0.25, 0.3) is 0 Å². The zero-order valence-electron chi connectivity index (χ0n) is 13.5. The summed E-state index contributed by atoms with van der Waals surface area (Å²) < 4.78 is 10.2. The molecule has 0 aromatic heterocycles. The van der Waals surface area contributed by atoms with E-state index >= 15 is 0 Å². The maximum atomic E-state index is 11.4. The van der Waals surface area contributed by atoms with Gasteiger partial charge in [-0.15, -0.1) is 0 Å². The summed E-state index contributed by atoms with van der Waals surface area (Å²) in [5.41, 5.74) is -0.0208. The molecule has 0 N–H and O–H groups in total. The Morgan fingerprint density at radius 3 is 2.00 bits per heavy atom. The van der Waals surface area contributed by atoms with Crippen molar-refractivity contribution in [3.63, 3.8) is 0 Å². The second-order valence-electron chi connectivity index (χ2n) is 6.36. The van der Waals surface area contributed by atoms with E-state index in [1.165, 1.54) is 12.8 Å². The van der Waals surface area contributed by atoms with Gasteiger partial charge in [0.2, 0.25) is 0 Å². The third kappa shape index (κ3) is 13.4. The Morgan fingerprint density at radius 1 is 0.850 bits per heavy atom. The van der Waals surface area contributed by atoms with Crippen LogP contribution in [0.5, 0.6) is 0 Å². The van der Waals surface area contributed by atoms with Gasteiger partial charge in [0.15, 0.2) is 0 Å². The van der Waals surface area contributed by atoms with E-state index in [0.29, 0.717) is 26.1 Å². The topological polar surface area (TPSA) is 52.6 Å². The van der Waals surface area contributed by atoms with Crippen molar-refractivity contribution < 1.29 is 19.1 Å². The van der Waals surface area contributed by atoms with Gasteiger partial charge in [0.05, 0.1) is 13.2 Å². The van der Waals surface area contributed by atoms with Crippen molar-refractivity contribution in [2.45, 2.75) is 72.6 Å². The van der Waals surface area contributed by atoms with Gasteiger partial charge in [0.25, 0.3) is 0 Å². The number of ether oxygens (including phenoxy) is 2. The molecule has 0 aromatic rings. The van der Waals surface area contributed by atoms with Gasteiger partial charge in [0.1, 0.15) is 0 Å². The van der Waals surface area contributed by atoms with Crippen LogP contribution in [-0.2, 0) is 19.1 Å².